The van der Waals surface area contributed by atoms with Crippen LogP contribution in [0.4, 0.5) is 0 Å². The first-order valence-electron chi connectivity index (χ1n) is 13.7. The van der Waals surface area contributed by atoms with Crippen molar-refractivity contribution in [3.05, 3.63) is 96.4 Å². The molecule has 3 rings (SSSR count). The van der Waals surface area contributed by atoms with Gasteiger partial charge >= 0.3 is 221 Å². The fourth-order valence-corrected chi connectivity index (χ4v) is 10.7. The number of hydrogen-bond acceptors (Lipinski definition) is 2. The molecule has 0 N–H and O–H groups in total. The Kier molecular flexibility index (Phi) is 10.7. The second-order valence-corrected chi connectivity index (χ2v) is 14.1. The molecule has 0 bridgehead atoms. The van der Waals surface area contributed by atoms with E-state index in [9.17, 15) is 0 Å². The zero-order valence-electron chi connectivity index (χ0n) is 23.1. The van der Waals surface area contributed by atoms with Crippen molar-refractivity contribution in [2.75, 3.05) is 13.2 Å². The van der Waals surface area contributed by atoms with Crippen LogP contribution in [-0.2, 0) is 9.47 Å². The van der Waals surface area contributed by atoms with Crippen LogP contribution in [0.3, 0.4) is 0 Å². The molecule has 3 aromatic carbocycles. The van der Waals surface area contributed by atoms with Gasteiger partial charge in [-0.1, -0.05) is 0 Å². The molecular formula is C33H46O2P. The quantitative estimate of drug-likeness (QED) is 0.128. The van der Waals surface area contributed by atoms with E-state index in [1.807, 2.05) is 0 Å². The zero-order chi connectivity index (χ0) is 26.0. The van der Waals surface area contributed by atoms with Crippen LogP contribution in [0.5, 0.6) is 0 Å². The van der Waals surface area contributed by atoms with E-state index in [2.05, 4.69) is 114 Å². The summed E-state index contributed by atoms with van der Waals surface area (Å²) in [6.07, 6.45) is 5.69. The van der Waals surface area contributed by atoms with Gasteiger partial charge in [0.05, 0.1) is 0 Å². The van der Waals surface area contributed by atoms with E-state index >= 15 is 0 Å². The number of hydrogen-bond donors (Lipinski definition) is 0. The van der Waals surface area contributed by atoms with Crippen LogP contribution < -0.4 is 15.9 Å². The average Bonchev–Trinajstić information content (AvgIpc) is 2.88. The molecule has 0 saturated carbocycles. The van der Waals surface area contributed by atoms with Crippen LogP contribution in [0.15, 0.2) is 72.8 Å². The summed E-state index contributed by atoms with van der Waals surface area (Å²) in [5.41, 5.74) is 3.02. The molecule has 0 unspecified atom stereocenters. The van der Waals surface area contributed by atoms with Crippen molar-refractivity contribution in [1.82, 2.24) is 0 Å². The van der Waals surface area contributed by atoms with Gasteiger partial charge in [-0.2, -0.15) is 0 Å². The number of rotatable bonds is 14. The van der Waals surface area contributed by atoms with E-state index in [-0.39, 0.29) is 0 Å². The Bertz CT molecular complexity index is 918. The topological polar surface area (TPSA) is 18.5 Å². The predicted octanol–water partition coefficient (Wildman–Crippen LogP) is 7.54. The molecule has 0 spiro atoms. The molecule has 0 heterocycles. The molecule has 0 fully saturated rings. The average molecular weight is 506 g/mol. The van der Waals surface area contributed by atoms with Crippen molar-refractivity contribution < 1.29 is 9.47 Å². The second-order valence-electron chi connectivity index (χ2n) is 10.1. The molecule has 0 aliphatic carbocycles. The normalized spacial score (nSPS) is 12.6. The van der Waals surface area contributed by atoms with Gasteiger partial charge in [0.15, 0.2) is 0 Å². The number of aryl methyl sites for hydroxylation is 3. The maximum absolute atomic E-state index is 7.08. The third-order valence-electron chi connectivity index (χ3n) is 7.20. The monoisotopic (exact) mass is 505 g/mol. The van der Waals surface area contributed by atoms with Gasteiger partial charge < -0.3 is 0 Å². The number of benzene rings is 3. The predicted molar refractivity (Wildman–Crippen MR) is 160 cm³/mol. The summed E-state index contributed by atoms with van der Waals surface area (Å²) in [5, 5.41) is 3.96. The van der Waals surface area contributed by atoms with Gasteiger partial charge in [-0.25, -0.2) is 0 Å². The van der Waals surface area contributed by atoms with E-state index in [1.54, 1.807) is 0 Å². The standard InChI is InChI=1S/C33H46O2P/c1-7-10-25-34-33(24-9-3,35-26-11-8-2)36(30-18-12-27(4)13-19-30,31-20-14-28(5)15-21-31)32-22-16-29(6)17-23-32/h12-23,36H,3,7-11,24-26H2,1-2,4-6H3. The van der Waals surface area contributed by atoms with Crippen molar-refractivity contribution in [1.29, 1.82) is 0 Å². The van der Waals surface area contributed by atoms with Crippen molar-refractivity contribution in [3.63, 3.8) is 0 Å². The SMILES string of the molecule is [CH2]CCC(OCCCC)(OCCCC)[PH](c1ccc(C)cc1)(c1ccc(C)cc1)c1ccc(C)cc1. The van der Waals surface area contributed by atoms with Gasteiger partial charge in [0.25, 0.3) is 0 Å². The first kappa shape index (κ1) is 28.6. The molecule has 3 aromatic rings. The summed E-state index contributed by atoms with van der Waals surface area (Å²) in [6.45, 7) is 16.6. The third kappa shape index (κ3) is 6.10. The fourth-order valence-electron chi connectivity index (χ4n) is 5.16. The second kappa shape index (κ2) is 13.5. The summed E-state index contributed by atoms with van der Waals surface area (Å²) < 4.78 is 14.2. The minimum atomic E-state index is -2.88. The van der Waals surface area contributed by atoms with Gasteiger partial charge in [0.1, 0.15) is 0 Å². The van der Waals surface area contributed by atoms with Crippen LogP contribution >= 0.6 is 7.26 Å². The molecule has 1 radical (unpaired) electrons. The Hall–Kier alpha value is -1.99. The molecule has 195 valence electrons. The summed E-state index contributed by atoms with van der Waals surface area (Å²) in [5.74, 6) is 0. The molecule has 0 amide bonds. The third-order valence-corrected chi connectivity index (χ3v) is 12.5. The van der Waals surface area contributed by atoms with E-state index in [0.29, 0.717) is 13.2 Å². The van der Waals surface area contributed by atoms with Crippen LogP contribution in [0.25, 0.3) is 0 Å². The number of unbranched alkanes of at least 4 members (excludes halogenated alkanes) is 2. The molecule has 36 heavy (non-hydrogen) atoms. The Balaban J connectivity index is 2.44. The maximum atomic E-state index is 7.08. The van der Waals surface area contributed by atoms with Crippen LogP contribution in [0.2, 0.25) is 0 Å². The fraction of sp³-hybridized carbons (Fsp3) is 0.424. The molecule has 0 atom stereocenters. The first-order valence-corrected chi connectivity index (χ1v) is 15.7. The zero-order valence-corrected chi connectivity index (χ0v) is 24.1. The molecule has 0 aromatic heterocycles. The minimum absolute atomic E-state index is 0.682. The first-order chi connectivity index (χ1) is 17.4. The van der Waals surface area contributed by atoms with Gasteiger partial charge in [-0.05, 0) is 0 Å². The van der Waals surface area contributed by atoms with Crippen molar-refractivity contribution in [3.8, 4) is 0 Å². The van der Waals surface area contributed by atoms with Gasteiger partial charge in [-0.3, -0.25) is 0 Å². The summed E-state index contributed by atoms with van der Waals surface area (Å²) in [6, 6.07) is 27.4. The van der Waals surface area contributed by atoms with Crippen molar-refractivity contribution in [2.24, 2.45) is 0 Å². The summed E-state index contributed by atoms with van der Waals surface area (Å²) >= 11 is 0. The van der Waals surface area contributed by atoms with Crippen LogP contribution in [0, 0.1) is 27.7 Å². The summed E-state index contributed by atoms with van der Waals surface area (Å²) in [7, 11) is -2.88. The van der Waals surface area contributed by atoms with E-state index in [1.165, 1.54) is 32.6 Å². The molecular weight excluding hydrogens is 459 g/mol. The van der Waals surface area contributed by atoms with Crippen molar-refractivity contribution in [2.45, 2.75) is 78.7 Å². The Morgan fingerprint density at radius 3 is 1.22 bits per heavy atom. The molecule has 2 nitrogen and oxygen atoms in total. The summed E-state index contributed by atoms with van der Waals surface area (Å²) in [4.78, 5) is 0. The molecule has 3 heteroatoms. The Morgan fingerprint density at radius 2 is 0.944 bits per heavy atom. The van der Waals surface area contributed by atoms with Gasteiger partial charge in [0.2, 0.25) is 0 Å². The van der Waals surface area contributed by atoms with E-state index in [4.69, 9.17) is 9.47 Å². The van der Waals surface area contributed by atoms with Crippen molar-refractivity contribution >= 4 is 23.2 Å². The number of ether oxygens (including phenoxy) is 2. The van der Waals surface area contributed by atoms with Gasteiger partial charge in [0, 0.05) is 0 Å². The molecule has 0 aliphatic heterocycles. The Morgan fingerprint density at radius 1 is 0.611 bits per heavy atom. The molecule has 0 saturated heterocycles. The van der Waals surface area contributed by atoms with Crippen LogP contribution in [0.1, 0.15) is 69.1 Å². The Labute approximate surface area is 220 Å². The van der Waals surface area contributed by atoms with Gasteiger partial charge in [-0.15, -0.1) is 0 Å². The molecule has 0 aliphatic rings. The van der Waals surface area contributed by atoms with E-state index < -0.39 is 12.8 Å². The van der Waals surface area contributed by atoms with E-state index in [0.717, 1.165) is 38.5 Å². The van der Waals surface area contributed by atoms with Crippen LogP contribution in [-0.4, -0.2) is 18.7 Å².